The Hall–Kier alpha value is -1.26. The molecule has 1 aliphatic carbocycles. The van der Waals surface area contributed by atoms with Gasteiger partial charge in [-0.15, -0.1) is 0 Å². The first kappa shape index (κ1) is 13.7. The number of piperidine rings is 1. The number of methoxy groups -OCH3 is 1. The molecule has 0 atom stereocenters. The van der Waals surface area contributed by atoms with Crippen LogP contribution in [0.3, 0.4) is 0 Å². The SMILES string of the molecule is COc1ccc(O)c(CNC2CCN(C3CC3)CC2)c1. The van der Waals surface area contributed by atoms with Crippen LogP contribution in [0.2, 0.25) is 0 Å². The van der Waals surface area contributed by atoms with Gasteiger partial charge in [0.05, 0.1) is 7.11 Å². The number of nitrogens with zero attached hydrogens (tertiary/aromatic N) is 1. The molecule has 1 aliphatic heterocycles. The molecule has 2 N–H and O–H groups in total. The lowest BCUT2D eigenvalue weighted by molar-refractivity contribution is 0.189. The third-order valence-electron chi connectivity index (χ3n) is 4.46. The molecule has 0 bridgehead atoms. The van der Waals surface area contributed by atoms with E-state index in [9.17, 15) is 5.11 Å². The highest BCUT2D eigenvalue weighted by molar-refractivity contribution is 5.39. The minimum atomic E-state index is 0.341. The second kappa shape index (κ2) is 6.02. The molecule has 2 fully saturated rings. The van der Waals surface area contributed by atoms with Gasteiger partial charge in [-0.1, -0.05) is 0 Å². The van der Waals surface area contributed by atoms with Gasteiger partial charge in [-0.2, -0.15) is 0 Å². The van der Waals surface area contributed by atoms with Gasteiger partial charge in [0.15, 0.2) is 0 Å². The van der Waals surface area contributed by atoms with Crippen LogP contribution in [0, 0.1) is 0 Å². The standard InChI is InChI=1S/C16H24N2O2/c1-20-15-4-5-16(19)12(10-15)11-17-13-6-8-18(9-7-13)14-2-3-14/h4-5,10,13-14,17,19H,2-3,6-9,11H2,1H3. The van der Waals surface area contributed by atoms with Gasteiger partial charge in [0.25, 0.3) is 0 Å². The quantitative estimate of drug-likeness (QED) is 0.864. The number of aromatic hydroxyl groups is 1. The van der Waals surface area contributed by atoms with Gasteiger partial charge >= 0.3 is 0 Å². The number of nitrogens with one attached hydrogen (secondary N) is 1. The van der Waals surface area contributed by atoms with Gasteiger partial charge in [-0.05, 0) is 57.0 Å². The summed E-state index contributed by atoms with van der Waals surface area (Å²) in [5, 5.41) is 13.4. The van der Waals surface area contributed by atoms with Gasteiger partial charge in [0, 0.05) is 24.2 Å². The van der Waals surface area contributed by atoms with Gasteiger partial charge < -0.3 is 20.1 Å². The molecular formula is C16H24N2O2. The van der Waals surface area contributed by atoms with Gasteiger partial charge in [0.1, 0.15) is 11.5 Å². The van der Waals surface area contributed by atoms with E-state index >= 15 is 0 Å². The Labute approximate surface area is 120 Å². The van der Waals surface area contributed by atoms with Crippen LogP contribution in [0.25, 0.3) is 0 Å². The molecule has 2 aliphatic rings. The maximum atomic E-state index is 9.88. The number of likely N-dealkylation sites (tertiary alicyclic amines) is 1. The highest BCUT2D eigenvalue weighted by atomic mass is 16.5. The zero-order valence-corrected chi connectivity index (χ0v) is 12.1. The Morgan fingerprint density at radius 2 is 2.00 bits per heavy atom. The zero-order chi connectivity index (χ0) is 13.9. The number of phenolic OH excluding ortho intramolecular Hbond substituents is 1. The van der Waals surface area contributed by atoms with Crippen molar-refractivity contribution in [1.29, 1.82) is 0 Å². The molecule has 1 aromatic rings. The van der Waals surface area contributed by atoms with Crippen molar-refractivity contribution in [2.24, 2.45) is 0 Å². The largest absolute Gasteiger partial charge is 0.508 e. The molecule has 0 amide bonds. The smallest absolute Gasteiger partial charge is 0.120 e. The van der Waals surface area contributed by atoms with Crippen molar-refractivity contribution in [3.8, 4) is 11.5 Å². The fourth-order valence-electron chi connectivity index (χ4n) is 2.99. The molecule has 20 heavy (non-hydrogen) atoms. The summed E-state index contributed by atoms with van der Waals surface area (Å²) < 4.78 is 5.20. The number of hydrogen-bond acceptors (Lipinski definition) is 4. The van der Waals surface area contributed by atoms with E-state index in [0.717, 1.165) is 17.4 Å². The Bertz CT molecular complexity index is 452. The monoisotopic (exact) mass is 276 g/mol. The van der Waals surface area contributed by atoms with Gasteiger partial charge in [-0.25, -0.2) is 0 Å². The number of phenols is 1. The highest BCUT2D eigenvalue weighted by Gasteiger charge is 2.31. The van der Waals surface area contributed by atoms with Crippen LogP contribution >= 0.6 is 0 Å². The van der Waals surface area contributed by atoms with Crippen molar-refractivity contribution in [1.82, 2.24) is 10.2 Å². The predicted molar refractivity (Wildman–Crippen MR) is 79.1 cm³/mol. The summed E-state index contributed by atoms with van der Waals surface area (Å²) in [6, 6.07) is 6.84. The lowest BCUT2D eigenvalue weighted by Gasteiger charge is -2.32. The average molecular weight is 276 g/mol. The molecule has 0 radical (unpaired) electrons. The highest BCUT2D eigenvalue weighted by Crippen LogP contribution is 2.29. The third kappa shape index (κ3) is 3.25. The van der Waals surface area contributed by atoms with Crippen molar-refractivity contribution in [2.45, 2.75) is 44.3 Å². The second-order valence-electron chi connectivity index (χ2n) is 5.92. The third-order valence-corrected chi connectivity index (χ3v) is 4.46. The maximum absolute atomic E-state index is 9.88. The molecule has 0 spiro atoms. The lowest BCUT2D eigenvalue weighted by Crippen LogP contribution is -2.43. The van der Waals surface area contributed by atoms with Crippen LogP contribution in [0.15, 0.2) is 18.2 Å². The number of benzene rings is 1. The van der Waals surface area contributed by atoms with E-state index in [0.29, 0.717) is 18.3 Å². The molecule has 1 aromatic carbocycles. The maximum Gasteiger partial charge on any atom is 0.120 e. The summed E-state index contributed by atoms with van der Waals surface area (Å²) in [7, 11) is 1.65. The molecule has 3 rings (SSSR count). The lowest BCUT2D eigenvalue weighted by atomic mass is 10.0. The Morgan fingerprint density at radius 1 is 1.25 bits per heavy atom. The first-order valence-electron chi connectivity index (χ1n) is 7.59. The van der Waals surface area contributed by atoms with Crippen molar-refractivity contribution >= 4 is 0 Å². The Balaban J connectivity index is 1.49. The second-order valence-corrected chi connectivity index (χ2v) is 5.92. The van der Waals surface area contributed by atoms with Crippen molar-refractivity contribution in [2.75, 3.05) is 20.2 Å². The summed E-state index contributed by atoms with van der Waals surface area (Å²) in [6.45, 7) is 3.13. The topological polar surface area (TPSA) is 44.7 Å². The first-order chi connectivity index (χ1) is 9.76. The predicted octanol–water partition coefficient (Wildman–Crippen LogP) is 2.12. The molecule has 1 saturated heterocycles. The number of ether oxygens (including phenoxy) is 1. The van der Waals surface area contributed by atoms with Crippen LogP contribution in [-0.2, 0) is 6.54 Å². The first-order valence-corrected chi connectivity index (χ1v) is 7.59. The minimum absolute atomic E-state index is 0.341. The van der Waals surface area contributed by atoms with Crippen molar-refractivity contribution < 1.29 is 9.84 Å². The van der Waals surface area contributed by atoms with Crippen LogP contribution in [0.4, 0.5) is 0 Å². The average Bonchev–Trinajstić information content (AvgIpc) is 3.32. The molecular weight excluding hydrogens is 252 g/mol. The molecule has 1 heterocycles. The van der Waals surface area contributed by atoms with Gasteiger partial charge in [0.2, 0.25) is 0 Å². The Kier molecular flexibility index (Phi) is 4.13. The van der Waals surface area contributed by atoms with E-state index < -0.39 is 0 Å². The van der Waals surface area contributed by atoms with Gasteiger partial charge in [-0.3, -0.25) is 0 Å². The van der Waals surface area contributed by atoms with Crippen LogP contribution in [-0.4, -0.2) is 42.3 Å². The van der Waals surface area contributed by atoms with Crippen LogP contribution < -0.4 is 10.1 Å². The Morgan fingerprint density at radius 3 is 2.65 bits per heavy atom. The molecule has 4 heteroatoms. The molecule has 110 valence electrons. The van der Waals surface area contributed by atoms with E-state index in [4.69, 9.17) is 4.74 Å². The molecule has 0 unspecified atom stereocenters. The summed E-state index contributed by atoms with van der Waals surface area (Å²) in [4.78, 5) is 2.63. The zero-order valence-electron chi connectivity index (χ0n) is 12.1. The van der Waals surface area contributed by atoms with E-state index in [1.807, 2.05) is 6.07 Å². The minimum Gasteiger partial charge on any atom is -0.508 e. The summed E-state index contributed by atoms with van der Waals surface area (Å²) >= 11 is 0. The van der Waals surface area contributed by atoms with E-state index in [1.165, 1.54) is 38.8 Å². The fourth-order valence-corrected chi connectivity index (χ4v) is 2.99. The van der Waals surface area contributed by atoms with E-state index in [1.54, 1.807) is 19.2 Å². The summed E-state index contributed by atoms with van der Waals surface area (Å²) in [6.07, 6.45) is 5.22. The van der Waals surface area contributed by atoms with Crippen LogP contribution in [0.1, 0.15) is 31.2 Å². The molecule has 0 aromatic heterocycles. The molecule has 1 saturated carbocycles. The van der Waals surface area contributed by atoms with Crippen LogP contribution in [0.5, 0.6) is 11.5 Å². The van der Waals surface area contributed by atoms with E-state index in [2.05, 4.69) is 10.2 Å². The van der Waals surface area contributed by atoms with Crippen molar-refractivity contribution in [3.63, 3.8) is 0 Å². The number of hydrogen-bond donors (Lipinski definition) is 2. The normalized spacial score (nSPS) is 21.1. The number of rotatable bonds is 5. The fraction of sp³-hybridized carbons (Fsp3) is 0.625. The summed E-state index contributed by atoms with van der Waals surface area (Å²) in [5.74, 6) is 1.14. The molecule has 4 nitrogen and oxygen atoms in total. The van der Waals surface area contributed by atoms with Crippen molar-refractivity contribution in [3.05, 3.63) is 23.8 Å². The van der Waals surface area contributed by atoms with E-state index in [-0.39, 0.29) is 0 Å². The summed E-state index contributed by atoms with van der Waals surface area (Å²) in [5.41, 5.74) is 0.911.